The highest BCUT2D eigenvalue weighted by Crippen LogP contribution is 2.41. The lowest BCUT2D eigenvalue weighted by Crippen LogP contribution is -2.33. The Morgan fingerprint density at radius 2 is 0.750 bits per heavy atom. The van der Waals surface area contributed by atoms with Gasteiger partial charge in [-0.15, -0.1) is 0 Å². The number of aromatic nitrogens is 3. The van der Waals surface area contributed by atoms with Crippen molar-refractivity contribution in [1.29, 1.82) is 0 Å². The SMILES string of the molecule is CC1(C)COC(c2ccc(-c3c4nc(c(-c5ccccc5)c5ccc(o5)c(-c5ccccc5)c5nc(c(-c6ccc(C7OCC(C)(C)CO7)cc6)c6ccc3[nH]6)C=C5)C=C4)cc2)OC1. The van der Waals surface area contributed by atoms with Gasteiger partial charge >= 0.3 is 0 Å². The fourth-order valence-corrected chi connectivity index (χ4v) is 8.88. The van der Waals surface area contributed by atoms with Gasteiger partial charge in [0.05, 0.1) is 60.3 Å². The largest absolute Gasteiger partial charge is 0.456 e. The summed E-state index contributed by atoms with van der Waals surface area (Å²) >= 11 is 0. The van der Waals surface area contributed by atoms with Gasteiger partial charge in [0, 0.05) is 44.1 Å². The summed E-state index contributed by atoms with van der Waals surface area (Å²) in [5.74, 6) is 0. The number of H-pyrrole nitrogens is 1. The van der Waals surface area contributed by atoms with Crippen LogP contribution in [-0.2, 0) is 18.9 Å². The van der Waals surface area contributed by atoms with E-state index in [4.69, 9.17) is 33.3 Å². The van der Waals surface area contributed by atoms with Crippen molar-refractivity contribution in [1.82, 2.24) is 15.0 Å². The van der Waals surface area contributed by atoms with Crippen LogP contribution < -0.4 is 0 Å². The Kier molecular flexibility index (Phi) is 10.1. The van der Waals surface area contributed by atoms with Gasteiger partial charge in [0.25, 0.3) is 0 Å². The molecule has 7 aromatic rings. The van der Waals surface area contributed by atoms with Gasteiger partial charge in [-0.1, -0.05) is 137 Å². The molecule has 0 amide bonds. The number of aromatic amines is 1. The molecule has 7 heterocycles. The van der Waals surface area contributed by atoms with E-state index in [0.717, 1.165) is 89.4 Å². The summed E-state index contributed by atoms with van der Waals surface area (Å²) in [6.07, 6.45) is 7.55. The smallest absolute Gasteiger partial charge is 0.183 e. The van der Waals surface area contributed by atoms with Crippen LogP contribution in [0.4, 0.5) is 0 Å². The number of nitrogens with one attached hydrogen (secondary N) is 1. The molecule has 0 radical (unpaired) electrons. The number of rotatable bonds is 6. The zero-order valence-electron chi connectivity index (χ0n) is 36.4. The van der Waals surface area contributed by atoms with Gasteiger partial charge in [-0.3, -0.25) is 0 Å². The molecule has 11 rings (SSSR count). The molecule has 3 aromatic heterocycles. The quantitative estimate of drug-likeness (QED) is 0.178. The molecule has 318 valence electrons. The molecule has 4 aromatic carbocycles. The van der Waals surface area contributed by atoms with Crippen molar-refractivity contribution in [3.63, 3.8) is 0 Å². The van der Waals surface area contributed by atoms with Crippen LogP contribution in [0.25, 0.3) is 91.0 Å². The second kappa shape index (κ2) is 16.1. The van der Waals surface area contributed by atoms with Crippen LogP contribution in [0.5, 0.6) is 0 Å². The molecule has 0 unspecified atom stereocenters. The molecule has 4 aliphatic rings. The maximum atomic E-state index is 6.95. The Balaban J connectivity index is 1.16. The minimum Gasteiger partial charge on any atom is -0.456 e. The molecular formula is C56H49N3O5. The number of furan rings is 1. The highest BCUT2D eigenvalue weighted by atomic mass is 16.7. The topological polar surface area (TPSA) is 91.6 Å². The normalized spacial score (nSPS) is 17.2. The van der Waals surface area contributed by atoms with Crippen LogP contribution >= 0.6 is 0 Å². The molecule has 2 saturated heterocycles. The van der Waals surface area contributed by atoms with Crippen molar-refractivity contribution in [3.05, 3.63) is 167 Å². The van der Waals surface area contributed by atoms with Crippen LogP contribution in [0.15, 0.2) is 138 Å². The molecule has 2 fully saturated rings. The Hall–Kier alpha value is -6.68. The van der Waals surface area contributed by atoms with E-state index in [1.807, 2.05) is 48.5 Å². The number of fused-ring (bicyclic) bond motifs is 8. The fraction of sp³-hybridized carbons (Fsp3) is 0.214. The standard InChI is InChI=1S/C56H49N3O5/c1-55(2)31-60-53(61-32-55)39-19-15-37(16-20-39)49-41-23-24-42(57-41)50(38-17-21-40(22-18-38)54-62-33-56(3,4)34-63-54)44-26-28-46(59-44)52(36-13-9-6-10-14-36)48-30-29-47(64-48)51(35-11-7-5-8-12-35)45-27-25-43(49)58-45/h5-30,53-54,57H,31-34H2,1-4H3. The van der Waals surface area contributed by atoms with Crippen LogP contribution in [0.3, 0.4) is 0 Å². The Morgan fingerprint density at radius 3 is 1.12 bits per heavy atom. The van der Waals surface area contributed by atoms with Gasteiger partial charge in [0.2, 0.25) is 0 Å². The second-order valence-electron chi connectivity index (χ2n) is 18.6. The molecule has 1 N–H and O–H groups in total. The average Bonchev–Trinajstić information content (AvgIpc) is 4.16. The van der Waals surface area contributed by atoms with E-state index in [1.165, 1.54) is 0 Å². The number of hydrogen-bond donors (Lipinski definition) is 1. The summed E-state index contributed by atoms with van der Waals surface area (Å²) in [4.78, 5) is 14.7. The molecule has 4 aliphatic heterocycles. The van der Waals surface area contributed by atoms with Crippen LogP contribution in [0, 0.1) is 10.8 Å². The molecule has 0 saturated carbocycles. The Morgan fingerprint density at radius 1 is 0.406 bits per heavy atom. The summed E-state index contributed by atoms with van der Waals surface area (Å²) < 4.78 is 31.6. The van der Waals surface area contributed by atoms with Crippen molar-refractivity contribution in [2.75, 3.05) is 26.4 Å². The monoisotopic (exact) mass is 843 g/mol. The van der Waals surface area contributed by atoms with E-state index in [0.29, 0.717) is 37.6 Å². The molecule has 8 nitrogen and oxygen atoms in total. The zero-order valence-corrected chi connectivity index (χ0v) is 36.4. The first kappa shape index (κ1) is 40.1. The minimum atomic E-state index is -0.417. The highest BCUT2D eigenvalue weighted by Gasteiger charge is 2.31. The maximum absolute atomic E-state index is 6.95. The van der Waals surface area contributed by atoms with Crippen molar-refractivity contribution in [3.8, 4) is 44.5 Å². The average molecular weight is 844 g/mol. The van der Waals surface area contributed by atoms with Crippen molar-refractivity contribution in [2.45, 2.75) is 40.3 Å². The van der Waals surface area contributed by atoms with E-state index >= 15 is 0 Å². The second-order valence-corrected chi connectivity index (χ2v) is 18.6. The third-order valence-corrected chi connectivity index (χ3v) is 12.2. The molecule has 8 bridgehead atoms. The van der Waals surface area contributed by atoms with Gasteiger partial charge in [0.1, 0.15) is 11.2 Å². The van der Waals surface area contributed by atoms with Crippen molar-refractivity contribution in [2.24, 2.45) is 10.8 Å². The lowest BCUT2D eigenvalue weighted by atomic mass is 9.95. The lowest BCUT2D eigenvalue weighted by Gasteiger charge is -2.34. The first-order chi connectivity index (χ1) is 31.1. The van der Waals surface area contributed by atoms with Gasteiger partial charge in [0.15, 0.2) is 12.6 Å². The zero-order chi connectivity index (χ0) is 43.4. The number of ether oxygens (including phenoxy) is 4. The van der Waals surface area contributed by atoms with Crippen LogP contribution in [-0.4, -0.2) is 41.4 Å². The van der Waals surface area contributed by atoms with E-state index in [9.17, 15) is 0 Å². The van der Waals surface area contributed by atoms with Gasteiger partial charge in [-0.05, 0) is 70.8 Å². The Bertz CT molecular complexity index is 2880. The van der Waals surface area contributed by atoms with Gasteiger partial charge in [-0.2, -0.15) is 0 Å². The predicted octanol–water partition coefficient (Wildman–Crippen LogP) is 13.7. The Labute approximate surface area is 372 Å². The van der Waals surface area contributed by atoms with E-state index < -0.39 is 12.6 Å². The number of hydrogen-bond acceptors (Lipinski definition) is 7. The van der Waals surface area contributed by atoms with Crippen LogP contribution in [0.1, 0.15) is 74.2 Å². The number of nitrogens with zero attached hydrogens (tertiary/aromatic N) is 2. The number of benzene rings is 4. The van der Waals surface area contributed by atoms with Crippen molar-refractivity contribution >= 4 is 46.5 Å². The molecule has 0 atom stereocenters. The molecular weight excluding hydrogens is 795 g/mol. The lowest BCUT2D eigenvalue weighted by molar-refractivity contribution is -0.226. The summed E-state index contributed by atoms with van der Waals surface area (Å²) in [6.45, 7) is 11.2. The summed E-state index contributed by atoms with van der Waals surface area (Å²) in [7, 11) is 0. The maximum Gasteiger partial charge on any atom is 0.183 e. The van der Waals surface area contributed by atoms with E-state index in [2.05, 4.69) is 142 Å². The highest BCUT2D eigenvalue weighted by molar-refractivity contribution is 5.99. The first-order valence-corrected chi connectivity index (χ1v) is 22.0. The van der Waals surface area contributed by atoms with E-state index in [-0.39, 0.29) is 10.8 Å². The minimum absolute atomic E-state index is 0.0230. The predicted molar refractivity (Wildman–Crippen MR) is 255 cm³/mol. The third-order valence-electron chi connectivity index (χ3n) is 12.2. The third kappa shape index (κ3) is 7.73. The van der Waals surface area contributed by atoms with Crippen molar-refractivity contribution < 1.29 is 23.4 Å². The molecule has 0 spiro atoms. The van der Waals surface area contributed by atoms with Crippen LogP contribution in [0.2, 0.25) is 0 Å². The summed E-state index contributed by atoms with van der Waals surface area (Å²) in [6, 6.07) is 46.0. The van der Waals surface area contributed by atoms with Gasteiger partial charge < -0.3 is 28.3 Å². The molecule has 0 aliphatic carbocycles. The summed E-state index contributed by atoms with van der Waals surface area (Å²) in [5, 5.41) is 0. The fourth-order valence-electron chi connectivity index (χ4n) is 8.88. The molecule has 8 heteroatoms. The molecule has 64 heavy (non-hydrogen) atoms. The van der Waals surface area contributed by atoms with E-state index in [1.54, 1.807) is 0 Å². The summed E-state index contributed by atoms with van der Waals surface area (Å²) in [5.41, 5.74) is 16.1. The van der Waals surface area contributed by atoms with Gasteiger partial charge in [-0.25, -0.2) is 9.97 Å². The first-order valence-electron chi connectivity index (χ1n) is 22.0.